The number of ether oxygens (including phenoxy) is 2. The summed E-state index contributed by atoms with van der Waals surface area (Å²) in [4.78, 5) is 29.2. The summed E-state index contributed by atoms with van der Waals surface area (Å²) in [6, 6.07) is 13.0. The van der Waals surface area contributed by atoms with Crippen LogP contribution < -0.4 is 25.4 Å². The number of phenols is 1. The van der Waals surface area contributed by atoms with Crippen LogP contribution in [0, 0.1) is 0 Å². The number of nitrogens with one attached hydrogen (secondary N) is 1. The van der Waals surface area contributed by atoms with Crippen LogP contribution in [-0.2, 0) is 21.0 Å². The molecule has 1 spiro atoms. The van der Waals surface area contributed by atoms with Gasteiger partial charge in [-0.15, -0.1) is 0 Å². The Morgan fingerprint density at radius 2 is 1.88 bits per heavy atom. The molecular formula is C24H30N4O6. The van der Waals surface area contributed by atoms with E-state index in [-0.39, 0.29) is 18.1 Å². The molecule has 4 N–H and O–H groups in total. The first kappa shape index (κ1) is 24.7. The Balaban J connectivity index is 0.00000103. The molecule has 10 nitrogen and oxygen atoms in total. The lowest BCUT2D eigenvalue weighted by Crippen LogP contribution is -2.45. The number of carbonyl (C=O) groups excluding carboxylic acids is 2. The molecule has 0 saturated carbocycles. The van der Waals surface area contributed by atoms with Crippen molar-refractivity contribution < 1.29 is 29.0 Å². The van der Waals surface area contributed by atoms with Crippen LogP contribution in [-0.4, -0.2) is 56.0 Å². The molecule has 2 aliphatic heterocycles. The molecule has 34 heavy (non-hydrogen) atoms. The van der Waals surface area contributed by atoms with Crippen LogP contribution in [0.3, 0.4) is 0 Å². The third-order valence-electron chi connectivity index (χ3n) is 5.91. The maximum Gasteiger partial charge on any atom is 0.269 e. The minimum atomic E-state index is -0.405. The van der Waals surface area contributed by atoms with Crippen molar-refractivity contribution in [1.29, 1.82) is 0 Å². The average Bonchev–Trinajstić information content (AvgIpc) is 3.28. The van der Waals surface area contributed by atoms with Crippen LogP contribution in [0.2, 0.25) is 0 Å². The van der Waals surface area contributed by atoms with E-state index in [1.807, 2.05) is 12.1 Å². The molecular weight excluding hydrogens is 440 g/mol. The van der Waals surface area contributed by atoms with Crippen molar-refractivity contribution >= 4 is 23.7 Å². The minimum absolute atomic E-state index is 0.0640. The maximum atomic E-state index is 12.6. The van der Waals surface area contributed by atoms with E-state index in [2.05, 4.69) is 33.2 Å². The monoisotopic (exact) mass is 470 g/mol. The van der Waals surface area contributed by atoms with Crippen LogP contribution in [0.1, 0.15) is 24.8 Å². The first-order valence-electron chi connectivity index (χ1n) is 10.9. The van der Waals surface area contributed by atoms with Gasteiger partial charge in [0.25, 0.3) is 5.91 Å². The lowest BCUT2D eigenvalue weighted by molar-refractivity contribution is -0.115. The smallest absolute Gasteiger partial charge is 0.269 e. The Morgan fingerprint density at radius 3 is 2.50 bits per heavy atom. The number of carbonyl (C=O) groups is 2. The molecule has 4 rings (SSSR count). The van der Waals surface area contributed by atoms with E-state index in [4.69, 9.17) is 19.1 Å². The largest absolute Gasteiger partial charge is 0.504 e. The second-order valence-electron chi connectivity index (χ2n) is 8.00. The Bertz CT molecular complexity index is 1020. The number of methoxy groups -OCH3 is 2. The van der Waals surface area contributed by atoms with Crippen molar-refractivity contribution in [3.63, 3.8) is 0 Å². The van der Waals surface area contributed by atoms with Gasteiger partial charge in [-0.1, -0.05) is 11.2 Å². The molecule has 2 heterocycles. The zero-order chi connectivity index (χ0) is 24.6. The van der Waals surface area contributed by atoms with E-state index in [0.717, 1.165) is 42.9 Å². The maximum absolute atomic E-state index is 12.6. The van der Waals surface area contributed by atoms with Crippen LogP contribution >= 0.6 is 0 Å². The van der Waals surface area contributed by atoms with E-state index < -0.39 is 5.60 Å². The summed E-state index contributed by atoms with van der Waals surface area (Å²) in [7, 11) is 3.15. The van der Waals surface area contributed by atoms with Crippen LogP contribution in [0.5, 0.6) is 17.2 Å². The topological polar surface area (TPSA) is 136 Å². The number of hydrogen-bond donors (Lipinski definition) is 3. The summed E-state index contributed by atoms with van der Waals surface area (Å²) in [5.74, 6) is 1.04. The highest BCUT2D eigenvalue weighted by Crippen LogP contribution is 2.36. The summed E-state index contributed by atoms with van der Waals surface area (Å²) in [5, 5.41) is 16.7. The van der Waals surface area contributed by atoms with Crippen molar-refractivity contribution in [2.75, 3.05) is 32.2 Å². The molecule has 0 aromatic heterocycles. The van der Waals surface area contributed by atoms with Crippen molar-refractivity contribution in [2.45, 2.75) is 31.4 Å². The number of rotatable bonds is 6. The number of piperidine rings is 1. The van der Waals surface area contributed by atoms with Gasteiger partial charge in [0, 0.05) is 44.6 Å². The number of aromatic hydroxyl groups is 1. The molecule has 10 heteroatoms. The molecule has 1 saturated heterocycles. The quantitative estimate of drug-likeness (QED) is 0.549. The highest BCUT2D eigenvalue weighted by molar-refractivity contribution is 6.39. The average molecular weight is 471 g/mol. The number of anilines is 1. The summed E-state index contributed by atoms with van der Waals surface area (Å²) >= 11 is 0. The number of primary amides is 1. The summed E-state index contributed by atoms with van der Waals surface area (Å²) < 4.78 is 10.3. The second kappa shape index (κ2) is 11.3. The van der Waals surface area contributed by atoms with Crippen molar-refractivity contribution in [3.8, 4) is 17.2 Å². The molecule has 182 valence electrons. The standard InChI is InChI=1S/C23H27N3O5.CH3NO/c1-29-18-6-4-17(5-7-18)26-11-9-23(10-12-26)14-19(25-31-23)22(28)24-15-16-3-8-20(27)21(13-16)30-2;2-1-3/h3-8,13,27H,9-12,14-15H2,1-2H3,(H,24,28);1H,(H2,2,3). The molecule has 2 aromatic carbocycles. The first-order chi connectivity index (χ1) is 16.4. The molecule has 2 aliphatic rings. The molecule has 2 amide bonds. The first-order valence-corrected chi connectivity index (χ1v) is 10.9. The summed E-state index contributed by atoms with van der Waals surface area (Å²) in [6.45, 7) is 1.99. The van der Waals surface area contributed by atoms with Crippen molar-refractivity contribution in [3.05, 3.63) is 48.0 Å². The van der Waals surface area contributed by atoms with E-state index in [1.165, 1.54) is 7.11 Å². The van der Waals surface area contributed by atoms with Crippen LogP contribution in [0.25, 0.3) is 0 Å². The van der Waals surface area contributed by atoms with Gasteiger partial charge >= 0.3 is 0 Å². The van der Waals surface area contributed by atoms with Gasteiger partial charge in [-0.3, -0.25) is 9.59 Å². The third kappa shape index (κ3) is 5.89. The predicted octanol–water partition coefficient (Wildman–Crippen LogP) is 1.94. The third-order valence-corrected chi connectivity index (χ3v) is 5.91. The van der Waals surface area contributed by atoms with E-state index in [0.29, 0.717) is 24.4 Å². The van der Waals surface area contributed by atoms with E-state index in [9.17, 15) is 9.90 Å². The molecule has 0 unspecified atom stereocenters. The molecule has 0 bridgehead atoms. The van der Waals surface area contributed by atoms with Crippen molar-refractivity contribution in [1.82, 2.24) is 5.32 Å². The van der Waals surface area contributed by atoms with Crippen LogP contribution in [0.15, 0.2) is 47.6 Å². The number of hydrogen-bond acceptors (Lipinski definition) is 8. The lowest BCUT2D eigenvalue weighted by Gasteiger charge is -2.38. The SMILES string of the molecule is COc1ccc(N2CCC3(CC2)CC(C(=O)NCc2ccc(O)c(OC)c2)=NO3)cc1.NC=O. The lowest BCUT2D eigenvalue weighted by atomic mass is 9.86. The fraction of sp³-hybridized carbons (Fsp3) is 0.375. The number of nitrogens with two attached hydrogens (primary N) is 1. The van der Waals surface area contributed by atoms with Gasteiger partial charge in [0.15, 0.2) is 11.5 Å². The van der Waals surface area contributed by atoms with Gasteiger partial charge in [-0.25, -0.2) is 0 Å². The number of oxime groups is 1. The van der Waals surface area contributed by atoms with E-state index in [1.54, 1.807) is 25.3 Å². The Morgan fingerprint density at radius 1 is 1.21 bits per heavy atom. The van der Waals surface area contributed by atoms with Gasteiger partial charge in [0.2, 0.25) is 6.41 Å². The fourth-order valence-corrected chi connectivity index (χ4v) is 3.99. The zero-order valence-corrected chi connectivity index (χ0v) is 19.3. The highest BCUT2D eigenvalue weighted by Gasteiger charge is 2.43. The fourth-order valence-electron chi connectivity index (χ4n) is 3.99. The molecule has 0 aliphatic carbocycles. The number of phenolic OH excluding ortho intramolecular Hbond substituents is 1. The van der Waals surface area contributed by atoms with Gasteiger partial charge in [-0.2, -0.15) is 0 Å². The number of nitrogens with zero attached hydrogens (tertiary/aromatic N) is 2. The molecule has 0 radical (unpaired) electrons. The van der Waals surface area contributed by atoms with Gasteiger partial charge in [0.1, 0.15) is 17.1 Å². The summed E-state index contributed by atoms with van der Waals surface area (Å²) in [5.41, 5.74) is 6.16. The zero-order valence-electron chi connectivity index (χ0n) is 19.3. The minimum Gasteiger partial charge on any atom is -0.504 e. The Hall–Kier alpha value is -3.95. The Labute approximate surface area is 198 Å². The van der Waals surface area contributed by atoms with E-state index >= 15 is 0 Å². The molecule has 0 atom stereocenters. The molecule has 1 fully saturated rings. The predicted molar refractivity (Wildman–Crippen MR) is 127 cm³/mol. The number of amides is 2. The highest BCUT2D eigenvalue weighted by atomic mass is 16.7. The summed E-state index contributed by atoms with van der Waals surface area (Å²) in [6.07, 6.45) is 2.36. The van der Waals surface area contributed by atoms with Crippen molar-refractivity contribution in [2.24, 2.45) is 10.9 Å². The van der Waals surface area contributed by atoms with Crippen LogP contribution in [0.4, 0.5) is 5.69 Å². The molecule has 2 aromatic rings. The van der Waals surface area contributed by atoms with Gasteiger partial charge in [-0.05, 0) is 42.0 Å². The van der Waals surface area contributed by atoms with Gasteiger partial charge in [0.05, 0.1) is 14.2 Å². The second-order valence-corrected chi connectivity index (χ2v) is 8.00. The van der Waals surface area contributed by atoms with Gasteiger partial charge < -0.3 is 35.4 Å². The normalized spacial score (nSPS) is 15.9. The number of benzene rings is 2. The Kier molecular flexibility index (Phi) is 8.18.